The molecule has 3 aromatic carbocycles. The molecule has 1 N–H and O–H groups in total. The van der Waals surface area contributed by atoms with Crippen LogP contribution in [0.1, 0.15) is 60.1 Å². The molecule has 0 aromatic heterocycles. The van der Waals surface area contributed by atoms with Crippen LogP contribution < -0.4 is 10.2 Å². The first-order valence-corrected chi connectivity index (χ1v) is 14.0. The largest absolute Gasteiger partial charge is 0.453 e. The van der Waals surface area contributed by atoms with E-state index in [2.05, 4.69) is 17.1 Å². The van der Waals surface area contributed by atoms with Gasteiger partial charge in [-0.25, -0.2) is 4.79 Å². The number of ether oxygens (including phenoxy) is 1. The molecule has 1 heterocycles. The number of halogens is 2. The van der Waals surface area contributed by atoms with E-state index in [0.717, 1.165) is 36.2 Å². The highest BCUT2D eigenvalue weighted by Crippen LogP contribution is 2.45. The summed E-state index contributed by atoms with van der Waals surface area (Å²) in [6, 6.07) is 23.3. The van der Waals surface area contributed by atoms with Gasteiger partial charge in [-0.3, -0.25) is 4.79 Å². The molecule has 1 saturated heterocycles. The van der Waals surface area contributed by atoms with E-state index in [4.69, 9.17) is 27.9 Å². The third-order valence-electron chi connectivity index (χ3n) is 7.52. The van der Waals surface area contributed by atoms with Crippen molar-refractivity contribution in [3.05, 3.63) is 99.5 Å². The molecule has 0 bridgehead atoms. The van der Waals surface area contributed by atoms with Crippen molar-refractivity contribution in [2.24, 2.45) is 0 Å². The molecule has 2 atom stereocenters. The Morgan fingerprint density at radius 2 is 1.77 bits per heavy atom. The number of anilines is 1. The van der Waals surface area contributed by atoms with E-state index in [0.29, 0.717) is 35.0 Å². The van der Waals surface area contributed by atoms with Crippen LogP contribution in [0.5, 0.6) is 0 Å². The number of nitrogens with zero attached hydrogens (tertiary/aromatic N) is 2. The van der Waals surface area contributed by atoms with Gasteiger partial charge in [0.25, 0.3) is 5.91 Å². The number of amides is 2. The summed E-state index contributed by atoms with van der Waals surface area (Å²) < 4.78 is 5.03. The normalized spacial score (nSPS) is 18.9. The Morgan fingerprint density at radius 3 is 2.41 bits per heavy atom. The number of benzene rings is 3. The van der Waals surface area contributed by atoms with E-state index in [1.165, 1.54) is 7.11 Å². The predicted octanol–water partition coefficient (Wildman–Crippen LogP) is 7.46. The smallest absolute Gasteiger partial charge is 0.407 e. The molecular weight excluding hydrogens is 533 g/mol. The minimum absolute atomic E-state index is 0.0139. The average molecular weight is 569 g/mol. The van der Waals surface area contributed by atoms with Crippen molar-refractivity contribution in [3.63, 3.8) is 0 Å². The SMILES string of the molecule is CCCCN(C)C(=O)c1ccc(N2CCC(NC(=O)OC)(c3ccccc3)CC2c2ccc(Cl)c(Cl)c2)cc1. The first kappa shape index (κ1) is 28.8. The van der Waals surface area contributed by atoms with E-state index in [9.17, 15) is 9.59 Å². The Balaban J connectivity index is 1.71. The number of rotatable bonds is 8. The van der Waals surface area contributed by atoms with E-state index in [1.54, 1.807) is 11.0 Å². The van der Waals surface area contributed by atoms with Crippen molar-refractivity contribution in [2.75, 3.05) is 32.1 Å². The molecule has 0 saturated carbocycles. The maximum Gasteiger partial charge on any atom is 0.407 e. The van der Waals surface area contributed by atoms with Crippen molar-refractivity contribution in [1.82, 2.24) is 10.2 Å². The minimum Gasteiger partial charge on any atom is -0.453 e. The summed E-state index contributed by atoms with van der Waals surface area (Å²) in [5.41, 5.74) is 2.98. The lowest BCUT2D eigenvalue weighted by Crippen LogP contribution is -2.54. The fourth-order valence-corrected chi connectivity index (χ4v) is 5.61. The Bertz CT molecular complexity index is 1290. The Kier molecular flexibility index (Phi) is 9.41. The van der Waals surface area contributed by atoms with Crippen LogP contribution in [0.4, 0.5) is 10.5 Å². The van der Waals surface area contributed by atoms with Crippen molar-refractivity contribution in [2.45, 2.75) is 44.2 Å². The van der Waals surface area contributed by atoms with Crippen LogP contribution in [0.15, 0.2) is 72.8 Å². The summed E-state index contributed by atoms with van der Waals surface area (Å²) in [4.78, 5) is 29.5. The number of carbonyl (C=O) groups excluding carboxylic acids is 2. The first-order chi connectivity index (χ1) is 18.8. The maximum absolute atomic E-state index is 12.9. The van der Waals surface area contributed by atoms with Gasteiger partial charge in [-0.1, -0.05) is 72.9 Å². The zero-order valence-electron chi connectivity index (χ0n) is 22.6. The average Bonchev–Trinajstić information content (AvgIpc) is 2.97. The molecule has 1 fully saturated rings. The predicted molar refractivity (Wildman–Crippen MR) is 158 cm³/mol. The van der Waals surface area contributed by atoms with Gasteiger partial charge in [0.1, 0.15) is 0 Å². The zero-order chi connectivity index (χ0) is 28.0. The molecule has 0 aliphatic carbocycles. The number of piperidine rings is 1. The molecule has 8 heteroatoms. The van der Waals surface area contributed by atoms with Crippen LogP contribution in [-0.2, 0) is 10.3 Å². The first-order valence-electron chi connectivity index (χ1n) is 13.3. The molecule has 1 aliphatic heterocycles. The van der Waals surface area contributed by atoms with Gasteiger partial charge in [-0.2, -0.15) is 0 Å². The van der Waals surface area contributed by atoms with E-state index < -0.39 is 11.6 Å². The second-order valence-electron chi connectivity index (χ2n) is 10.0. The van der Waals surface area contributed by atoms with Crippen LogP contribution >= 0.6 is 23.2 Å². The van der Waals surface area contributed by atoms with Gasteiger partial charge in [-0.15, -0.1) is 0 Å². The number of methoxy groups -OCH3 is 1. The Morgan fingerprint density at radius 1 is 1.05 bits per heavy atom. The number of unbranched alkanes of at least 4 members (excludes halogenated alkanes) is 1. The Hall–Kier alpha value is -3.22. The third kappa shape index (κ3) is 6.51. The summed E-state index contributed by atoms with van der Waals surface area (Å²) in [6.07, 6.45) is 2.77. The number of alkyl carbamates (subject to hydrolysis) is 1. The lowest BCUT2D eigenvalue weighted by molar-refractivity contribution is 0.0793. The van der Waals surface area contributed by atoms with Crippen LogP contribution in [-0.4, -0.2) is 44.1 Å². The molecule has 2 unspecified atom stereocenters. The molecular formula is C31H35Cl2N3O3. The number of carbonyl (C=O) groups is 2. The fourth-order valence-electron chi connectivity index (χ4n) is 5.30. The molecule has 1 aliphatic rings. The van der Waals surface area contributed by atoms with Crippen LogP contribution in [0.3, 0.4) is 0 Å². The summed E-state index contributed by atoms with van der Waals surface area (Å²) in [7, 11) is 3.22. The summed E-state index contributed by atoms with van der Waals surface area (Å²) >= 11 is 12.7. The molecule has 0 radical (unpaired) electrons. The van der Waals surface area contributed by atoms with Crippen LogP contribution in [0.25, 0.3) is 0 Å². The fraction of sp³-hybridized carbons (Fsp3) is 0.355. The number of nitrogens with one attached hydrogen (secondary N) is 1. The van der Waals surface area contributed by atoms with Gasteiger partial charge >= 0.3 is 6.09 Å². The third-order valence-corrected chi connectivity index (χ3v) is 8.26. The van der Waals surface area contributed by atoms with Gasteiger partial charge in [0.05, 0.1) is 28.7 Å². The molecule has 0 spiro atoms. The van der Waals surface area contributed by atoms with Crippen LogP contribution in [0, 0.1) is 0 Å². The van der Waals surface area contributed by atoms with Crippen LogP contribution in [0.2, 0.25) is 10.0 Å². The molecule has 206 valence electrons. The van der Waals surface area contributed by atoms with E-state index in [1.807, 2.05) is 73.8 Å². The molecule has 3 aromatic rings. The van der Waals surface area contributed by atoms with Gasteiger partial charge in [0, 0.05) is 31.4 Å². The molecule has 6 nitrogen and oxygen atoms in total. The molecule has 39 heavy (non-hydrogen) atoms. The summed E-state index contributed by atoms with van der Waals surface area (Å²) in [5, 5.41) is 4.11. The highest BCUT2D eigenvalue weighted by atomic mass is 35.5. The second-order valence-corrected chi connectivity index (χ2v) is 10.8. The zero-order valence-corrected chi connectivity index (χ0v) is 24.1. The van der Waals surface area contributed by atoms with E-state index >= 15 is 0 Å². The quantitative estimate of drug-likeness (QED) is 0.307. The second kappa shape index (κ2) is 12.8. The highest BCUT2D eigenvalue weighted by Gasteiger charge is 2.43. The Labute approximate surface area is 240 Å². The topological polar surface area (TPSA) is 61.9 Å². The monoisotopic (exact) mass is 567 g/mol. The molecule has 4 rings (SSSR count). The van der Waals surface area contributed by atoms with Gasteiger partial charge in [0.2, 0.25) is 0 Å². The minimum atomic E-state index is -0.653. The standard InChI is InChI=1S/C31H35Cl2N3O3/c1-4-5-18-35(2)29(37)22-11-14-25(15-12-22)36-19-17-31(34-30(38)39-3,24-9-7-6-8-10-24)21-28(36)23-13-16-26(32)27(33)20-23/h6-16,20,28H,4-5,17-19,21H2,1-3H3,(H,34,38). The number of hydrogen-bond acceptors (Lipinski definition) is 4. The lowest BCUT2D eigenvalue weighted by Gasteiger charge is -2.48. The van der Waals surface area contributed by atoms with Gasteiger partial charge in [-0.05, 0) is 66.8 Å². The maximum atomic E-state index is 12.9. The van der Waals surface area contributed by atoms with Crippen molar-refractivity contribution < 1.29 is 14.3 Å². The van der Waals surface area contributed by atoms with Crippen molar-refractivity contribution >= 4 is 40.9 Å². The van der Waals surface area contributed by atoms with Crippen molar-refractivity contribution in [1.29, 1.82) is 0 Å². The van der Waals surface area contributed by atoms with Crippen molar-refractivity contribution in [3.8, 4) is 0 Å². The molecule has 2 amide bonds. The highest BCUT2D eigenvalue weighted by molar-refractivity contribution is 6.42. The number of hydrogen-bond donors (Lipinski definition) is 1. The lowest BCUT2D eigenvalue weighted by atomic mass is 9.76. The van der Waals surface area contributed by atoms with Gasteiger partial charge in [0.15, 0.2) is 0 Å². The van der Waals surface area contributed by atoms with Gasteiger partial charge < -0.3 is 19.9 Å². The summed E-state index contributed by atoms with van der Waals surface area (Å²) in [5.74, 6) is 0.0139. The van der Waals surface area contributed by atoms with E-state index in [-0.39, 0.29) is 11.9 Å². The summed E-state index contributed by atoms with van der Waals surface area (Å²) in [6.45, 7) is 3.49.